The van der Waals surface area contributed by atoms with Crippen molar-refractivity contribution in [1.82, 2.24) is 0 Å². The zero-order chi connectivity index (χ0) is 7.28. The van der Waals surface area contributed by atoms with Gasteiger partial charge in [0.05, 0.1) is 6.10 Å². The molecule has 0 spiro atoms. The Morgan fingerprint density at radius 3 is 2.33 bits per heavy atom. The molecule has 0 saturated carbocycles. The van der Waals surface area contributed by atoms with E-state index in [2.05, 4.69) is 0 Å². The van der Waals surface area contributed by atoms with Crippen LogP contribution in [0, 0.1) is 5.92 Å². The Bertz CT molecular complexity index is 55.9. The van der Waals surface area contributed by atoms with Gasteiger partial charge in [0.2, 0.25) is 0 Å². The lowest BCUT2D eigenvalue weighted by atomic mass is 10.0. The van der Waals surface area contributed by atoms with Crippen LogP contribution in [0.3, 0.4) is 0 Å². The van der Waals surface area contributed by atoms with Gasteiger partial charge in [-0.3, -0.25) is 0 Å². The lowest BCUT2D eigenvalue weighted by Crippen LogP contribution is -2.12. The Morgan fingerprint density at radius 1 is 1.44 bits per heavy atom. The van der Waals surface area contributed by atoms with Crippen LogP contribution in [0.15, 0.2) is 0 Å². The average molecular weight is 132 g/mol. The number of hydrogen-bond acceptors (Lipinski definition) is 2. The molecule has 0 aromatic heterocycles. The molecular formula is C7H16O2. The predicted molar refractivity (Wildman–Crippen MR) is 37.2 cm³/mol. The highest BCUT2D eigenvalue weighted by Crippen LogP contribution is 2.06. The van der Waals surface area contributed by atoms with Crippen LogP contribution in [0.25, 0.3) is 0 Å². The summed E-state index contributed by atoms with van der Waals surface area (Å²) in [6, 6.07) is 0. The van der Waals surface area contributed by atoms with Gasteiger partial charge in [-0.05, 0) is 18.8 Å². The Balaban J connectivity index is 3.22. The second kappa shape index (κ2) is 4.77. The van der Waals surface area contributed by atoms with Crippen molar-refractivity contribution >= 4 is 0 Å². The fourth-order valence-electron chi connectivity index (χ4n) is 0.706. The van der Waals surface area contributed by atoms with Crippen LogP contribution in [0.5, 0.6) is 0 Å². The molecule has 2 heteroatoms. The van der Waals surface area contributed by atoms with Gasteiger partial charge in [0.15, 0.2) is 0 Å². The van der Waals surface area contributed by atoms with Crippen LogP contribution >= 0.6 is 0 Å². The van der Waals surface area contributed by atoms with Crippen LogP contribution < -0.4 is 0 Å². The number of hydrogen-bond donors (Lipinski definition) is 2. The monoisotopic (exact) mass is 132 g/mol. The first-order valence-corrected chi connectivity index (χ1v) is 3.49. The third kappa shape index (κ3) is 4.43. The molecule has 2 unspecified atom stereocenters. The van der Waals surface area contributed by atoms with E-state index in [-0.39, 0.29) is 18.6 Å². The molecule has 0 saturated heterocycles. The van der Waals surface area contributed by atoms with Gasteiger partial charge >= 0.3 is 0 Å². The average Bonchev–Trinajstić information content (AvgIpc) is 1.87. The molecule has 0 heterocycles. The normalized spacial score (nSPS) is 17.3. The zero-order valence-corrected chi connectivity index (χ0v) is 6.17. The molecule has 0 aromatic rings. The van der Waals surface area contributed by atoms with E-state index in [1.54, 1.807) is 0 Å². The second-order valence-corrected chi connectivity index (χ2v) is 2.59. The summed E-state index contributed by atoms with van der Waals surface area (Å²) in [6.07, 6.45) is 1.27. The van der Waals surface area contributed by atoms with E-state index in [0.717, 1.165) is 6.42 Å². The first-order chi connectivity index (χ1) is 4.20. The van der Waals surface area contributed by atoms with E-state index >= 15 is 0 Å². The summed E-state index contributed by atoms with van der Waals surface area (Å²) in [5.74, 6) is 0.236. The third-order valence-electron chi connectivity index (χ3n) is 1.46. The van der Waals surface area contributed by atoms with E-state index in [9.17, 15) is 0 Å². The predicted octanol–water partition coefficient (Wildman–Crippen LogP) is 0.776. The van der Waals surface area contributed by atoms with E-state index < -0.39 is 0 Å². The first-order valence-electron chi connectivity index (χ1n) is 3.49. The van der Waals surface area contributed by atoms with Crippen molar-refractivity contribution in [3.05, 3.63) is 0 Å². The molecule has 0 aromatic carbocycles. The summed E-state index contributed by atoms with van der Waals surface area (Å²) >= 11 is 0. The minimum absolute atomic E-state index is 0.178. The highest BCUT2D eigenvalue weighted by molar-refractivity contribution is 4.57. The molecule has 0 aliphatic carbocycles. The summed E-state index contributed by atoms with van der Waals surface area (Å²) in [5, 5.41) is 17.6. The van der Waals surface area contributed by atoms with Crippen molar-refractivity contribution in [1.29, 1.82) is 0 Å². The van der Waals surface area contributed by atoms with Crippen molar-refractivity contribution in [2.45, 2.75) is 32.8 Å². The van der Waals surface area contributed by atoms with E-state index in [1.807, 2.05) is 13.8 Å². The molecule has 9 heavy (non-hydrogen) atoms. The maximum absolute atomic E-state index is 9.05. The number of rotatable bonds is 4. The quantitative estimate of drug-likeness (QED) is 0.593. The molecule has 0 aliphatic rings. The van der Waals surface area contributed by atoms with Crippen molar-refractivity contribution in [3.8, 4) is 0 Å². The minimum atomic E-state index is -0.229. The minimum Gasteiger partial charge on any atom is -0.396 e. The Kier molecular flexibility index (Phi) is 4.72. The molecular weight excluding hydrogens is 116 g/mol. The van der Waals surface area contributed by atoms with Gasteiger partial charge in [0.25, 0.3) is 0 Å². The fourth-order valence-corrected chi connectivity index (χ4v) is 0.706. The molecule has 2 nitrogen and oxygen atoms in total. The number of aliphatic hydroxyl groups is 2. The Morgan fingerprint density at radius 2 is 2.00 bits per heavy atom. The standard InChI is InChI=1S/C7H16O2/c1-3-7(9)4-6(2)5-8/h6-9H,3-5H2,1-2H3. The van der Waals surface area contributed by atoms with E-state index in [4.69, 9.17) is 10.2 Å². The smallest absolute Gasteiger partial charge is 0.0541 e. The van der Waals surface area contributed by atoms with Gasteiger partial charge in [0.1, 0.15) is 0 Å². The molecule has 0 amide bonds. The highest BCUT2D eigenvalue weighted by Gasteiger charge is 2.05. The lowest BCUT2D eigenvalue weighted by Gasteiger charge is -2.11. The topological polar surface area (TPSA) is 40.5 Å². The summed E-state index contributed by atoms with van der Waals surface area (Å²) in [7, 11) is 0. The largest absolute Gasteiger partial charge is 0.396 e. The van der Waals surface area contributed by atoms with Crippen molar-refractivity contribution in [3.63, 3.8) is 0 Å². The summed E-state index contributed by atoms with van der Waals surface area (Å²) in [6.45, 7) is 4.05. The van der Waals surface area contributed by atoms with Gasteiger partial charge in [-0.2, -0.15) is 0 Å². The zero-order valence-electron chi connectivity index (χ0n) is 6.17. The van der Waals surface area contributed by atoms with E-state index in [1.165, 1.54) is 0 Å². The Labute approximate surface area is 56.5 Å². The van der Waals surface area contributed by atoms with Crippen molar-refractivity contribution < 1.29 is 10.2 Å². The van der Waals surface area contributed by atoms with Crippen LogP contribution in [-0.2, 0) is 0 Å². The van der Waals surface area contributed by atoms with E-state index in [0.29, 0.717) is 6.42 Å². The maximum Gasteiger partial charge on any atom is 0.0541 e. The van der Waals surface area contributed by atoms with Crippen LogP contribution in [0.4, 0.5) is 0 Å². The molecule has 56 valence electrons. The fraction of sp³-hybridized carbons (Fsp3) is 1.00. The highest BCUT2D eigenvalue weighted by atomic mass is 16.3. The number of aliphatic hydroxyl groups excluding tert-OH is 2. The molecule has 0 aliphatic heterocycles. The molecule has 0 fully saturated rings. The van der Waals surface area contributed by atoms with Gasteiger partial charge < -0.3 is 10.2 Å². The lowest BCUT2D eigenvalue weighted by molar-refractivity contribution is 0.119. The van der Waals surface area contributed by atoms with Crippen LogP contribution in [0.2, 0.25) is 0 Å². The van der Waals surface area contributed by atoms with Gasteiger partial charge in [0, 0.05) is 6.61 Å². The maximum atomic E-state index is 9.05. The Hall–Kier alpha value is -0.0800. The second-order valence-electron chi connectivity index (χ2n) is 2.59. The van der Waals surface area contributed by atoms with Crippen LogP contribution in [0.1, 0.15) is 26.7 Å². The SMILES string of the molecule is CCC(O)CC(C)CO. The first kappa shape index (κ1) is 8.92. The van der Waals surface area contributed by atoms with Crippen LogP contribution in [-0.4, -0.2) is 22.9 Å². The molecule has 2 N–H and O–H groups in total. The van der Waals surface area contributed by atoms with Gasteiger partial charge in [-0.1, -0.05) is 13.8 Å². The molecule has 0 rings (SSSR count). The molecule has 0 radical (unpaired) electrons. The summed E-state index contributed by atoms with van der Waals surface area (Å²) < 4.78 is 0. The molecule has 0 bridgehead atoms. The van der Waals surface area contributed by atoms with Gasteiger partial charge in [-0.25, -0.2) is 0 Å². The van der Waals surface area contributed by atoms with Crippen molar-refractivity contribution in [2.75, 3.05) is 6.61 Å². The summed E-state index contributed by atoms with van der Waals surface area (Å²) in [4.78, 5) is 0. The van der Waals surface area contributed by atoms with Crippen molar-refractivity contribution in [2.24, 2.45) is 5.92 Å². The van der Waals surface area contributed by atoms with Gasteiger partial charge in [-0.15, -0.1) is 0 Å². The summed E-state index contributed by atoms with van der Waals surface area (Å²) in [5.41, 5.74) is 0. The molecule has 2 atom stereocenters. The third-order valence-corrected chi connectivity index (χ3v) is 1.46.